The molecule has 2 N–H and O–H groups in total. The monoisotopic (exact) mass is 411 g/mol. The van der Waals surface area contributed by atoms with Crippen molar-refractivity contribution < 1.29 is 8.42 Å². The van der Waals surface area contributed by atoms with E-state index in [2.05, 4.69) is 20.0 Å². The Labute approximate surface area is 168 Å². The Morgan fingerprint density at radius 2 is 1.97 bits per heavy atom. The fourth-order valence-corrected chi connectivity index (χ4v) is 4.63. The zero-order valence-corrected chi connectivity index (χ0v) is 17.0. The summed E-state index contributed by atoms with van der Waals surface area (Å²) in [6.07, 6.45) is 3.34. The van der Waals surface area contributed by atoms with E-state index >= 15 is 0 Å². The summed E-state index contributed by atoms with van der Waals surface area (Å²) in [6.45, 7) is 2.52. The molecule has 1 aromatic carbocycles. The number of unbranched alkanes of at least 4 members (excludes halogenated alkanes) is 1. The smallest absolute Gasteiger partial charge is 0.286 e. The van der Waals surface area contributed by atoms with Crippen LogP contribution in [0.25, 0.3) is 11.0 Å². The average molecular weight is 411 g/mol. The molecule has 0 bridgehead atoms. The van der Waals surface area contributed by atoms with E-state index in [4.69, 9.17) is 0 Å². The Morgan fingerprint density at radius 1 is 1.17 bits per heavy atom. The van der Waals surface area contributed by atoms with Crippen molar-refractivity contribution in [2.75, 3.05) is 17.7 Å². The van der Waals surface area contributed by atoms with Crippen molar-refractivity contribution in [3.63, 3.8) is 0 Å². The van der Waals surface area contributed by atoms with Crippen LogP contribution in [0.3, 0.4) is 0 Å². The van der Waals surface area contributed by atoms with Crippen LogP contribution in [0, 0.1) is 0 Å². The Balaban J connectivity index is 2.03. The third-order valence-corrected chi connectivity index (χ3v) is 6.21. The average Bonchev–Trinajstić information content (AvgIpc) is 2.72. The van der Waals surface area contributed by atoms with Gasteiger partial charge in [-0.1, -0.05) is 25.5 Å². The number of para-hydroxylation sites is 1. The first-order valence-corrected chi connectivity index (χ1v) is 10.8. The summed E-state index contributed by atoms with van der Waals surface area (Å²) in [7, 11) is -2.24. The highest BCUT2D eigenvalue weighted by Crippen LogP contribution is 2.31. The van der Waals surface area contributed by atoms with E-state index < -0.39 is 10.0 Å². The number of amidine groups is 1. The van der Waals surface area contributed by atoms with Crippen LogP contribution < -0.4 is 16.2 Å². The Morgan fingerprint density at radius 3 is 2.72 bits per heavy atom. The lowest BCUT2D eigenvalue weighted by Gasteiger charge is -2.21. The number of aromatic nitrogens is 2. The van der Waals surface area contributed by atoms with E-state index in [1.807, 2.05) is 13.0 Å². The number of benzene rings is 1. The van der Waals surface area contributed by atoms with Crippen molar-refractivity contribution in [3.8, 4) is 0 Å². The number of anilines is 2. The molecule has 0 saturated carbocycles. The molecule has 1 aliphatic heterocycles. The number of pyridine rings is 2. The highest BCUT2D eigenvalue weighted by atomic mass is 32.2. The number of rotatable bonds is 5. The number of hydrogen-bond donors (Lipinski definition) is 2. The van der Waals surface area contributed by atoms with Crippen LogP contribution in [0.2, 0.25) is 0 Å². The van der Waals surface area contributed by atoms with Gasteiger partial charge in [-0.05, 0) is 30.7 Å². The quantitative estimate of drug-likeness (QED) is 0.669. The lowest BCUT2D eigenvalue weighted by Crippen LogP contribution is -2.34. The first-order valence-electron chi connectivity index (χ1n) is 9.38. The van der Waals surface area contributed by atoms with Gasteiger partial charge in [-0.25, -0.2) is 4.98 Å². The van der Waals surface area contributed by atoms with E-state index in [1.165, 1.54) is 6.07 Å². The lowest BCUT2D eigenvalue weighted by molar-refractivity contribution is 0.598. The van der Waals surface area contributed by atoms with Crippen molar-refractivity contribution in [2.45, 2.75) is 31.2 Å². The van der Waals surface area contributed by atoms with Gasteiger partial charge >= 0.3 is 0 Å². The fraction of sp³-hybridized carbons (Fsp3) is 0.250. The highest BCUT2D eigenvalue weighted by Gasteiger charge is 2.29. The van der Waals surface area contributed by atoms with Crippen LogP contribution in [-0.2, 0) is 16.6 Å². The molecule has 29 heavy (non-hydrogen) atoms. The van der Waals surface area contributed by atoms with Crippen LogP contribution in [0.4, 0.5) is 11.4 Å². The number of fused-ring (bicyclic) bond motifs is 2. The molecule has 0 aliphatic carbocycles. The van der Waals surface area contributed by atoms with Gasteiger partial charge in [-0.3, -0.25) is 9.36 Å². The van der Waals surface area contributed by atoms with Crippen LogP contribution in [0.5, 0.6) is 0 Å². The van der Waals surface area contributed by atoms with Gasteiger partial charge in [0, 0.05) is 25.2 Å². The van der Waals surface area contributed by atoms with Gasteiger partial charge in [0.25, 0.3) is 15.6 Å². The minimum absolute atomic E-state index is 0.00838. The van der Waals surface area contributed by atoms with Crippen molar-refractivity contribution in [1.29, 1.82) is 0 Å². The molecule has 3 aromatic rings. The number of nitrogens with zero attached hydrogens (tertiary/aromatic N) is 3. The molecule has 0 atom stereocenters. The van der Waals surface area contributed by atoms with Crippen molar-refractivity contribution in [1.82, 2.24) is 9.55 Å². The van der Waals surface area contributed by atoms with Gasteiger partial charge in [0.15, 0.2) is 5.84 Å². The minimum atomic E-state index is -3.93. The summed E-state index contributed by atoms with van der Waals surface area (Å²) < 4.78 is 31.0. The summed E-state index contributed by atoms with van der Waals surface area (Å²) in [5.41, 5.74) is 1.28. The maximum atomic E-state index is 13.5. The topological polar surface area (TPSA) is 105 Å². The number of aryl methyl sites for hydroxylation is 1. The number of nitrogens with one attached hydrogen (secondary N) is 2. The van der Waals surface area contributed by atoms with Gasteiger partial charge < -0.3 is 10.6 Å². The standard InChI is InChI=1S/C20H21N5O3S/c1-3-4-12-25-19-13(8-7-11-22-19)17(21-2)16(20(25)26)18-23-14-9-5-6-10-15(14)29(27,28)24-18/h5-11,21H,3-4,12H2,1-2H3,(H,23,24). The first kappa shape index (κ1) is 19.1. The predicted molar refractivity (Wildman–Crippen MR) is 114 cm³/mol. The molecule has 1 aliphatic rings. The van der Waals surface area contributed by atoms with Crippen LogP contribution in [0.1, 0.15) is 25.3 Å². The second-order valence-corrected chi connectivity index (χ2v) is 8.29. The molecule has 0 unspecified atom stereocenters. The molecule has 150 valence electrons. The third kappa shape index (κ3) is 3.17. The second-order valence-electron chi connectivity index (χ2n) is 6.72. The van der Waals surface area contributed by atoms with Crippen LogP contribution >= 0.6 is 0 Å². The molecule has 0 amide bonds. The van der Waals surface area contributed by atoms with Crippen LogP contribution in [0.15, 0.2) is 56.7 Å². The fourth-order valence-electron chi connectivity index (χ4n) is 3.51. The molecular formula is C20H21N5O3S. The van der Waals surface area contributed by atoms with Gasteiger partial charge in [0.1, 0.15) is 16.1 Å². The van der Waals surface area contributed by atoms with Gasteiger partial charge in [-0.15, -0.1) is 4.40 Å². The molecule has 9 heteroatoms. The molecule has 8 nitrogen and oxygen atoms in total. The summed E-state index contributed by atoms with van der Waals surface area (Å²) in [5, 5.41) is 6.80. The van der Waals surface area contributed by atoms with Gasteiger partial charge in [-0.2, -0.15) is 8.42 Å². The summed E-state index contributed by atoms with van der Waals surface area (Å²) in [6, 6.07) is 10.1. The van der Waals surface area contributed by atoms with Crippen molar-refractivity contribution in [2.24, 2.45) is 4.40 Å². The highest BCUT2D eigenvalue weighted by molar-refractivity contribution is 7.90. The molecule has 0 saturated heterocycles. The zero-order valence-electron chi connectivity index (χ0n) is 16.1. The van der Waals surface area contributed by atoms with Gasteiger partial charge in [0.05, 0.1) is 11.4 Å². The zero-order chi connectivity index (χ0) is 20.6. The van der Waals surface area contributed by atoms with Gasteiger partial charge in [0.2, 0.25) is 0 Å². The van der Waals surface area contributed by atoms with Crippen molar-refractivity contribution in [3.05, 3.63) is 58.5 Å². The summed E-state index contributed by atoms with van der Waals surface area (Å²) in [4.78, 5) is 17.9. The Bertz CT molecular complexity index is 1300. The maximum absolute atomic E-state index is 13.5. The van der Waals surface area contributed by atoms with E-state index in [1.54, 1.807) is 42.1 Å². The molecular weight excluding hydrogens is 390 g/mol. The first-order chi connectivity index (χ1) is 14.0. The number of sulfonamides is 1. The Hall–Kier alpha value is -3.20. The molecule has 0 fully saturated rings. The SMILES string of the molecule is CCCCn1c(=O)c(C2=NS(=O)(=O)c3ccccc3N2)c(NC)c2cccnc21. The lowest BCUT2D eigenvalue weighted by atomic mass is 10.1. The Kier molecular flexibility index (Phi) is 4.83. The van der Waals surface area contributed by atoms with E-state index in [0.29, 0.717) is 23.6 Å². The summed E-state index contributed by atoms with van der Waals surface area (Å²) >= 11 is 0. The predicted octanol–water partition coefficient (Wildman–Crippen LogP) is 2.80. The molecule has 0 radical (unpaired) electrons. The van der Waals surface area contributed by atoms with Crippen molar-refractivity contribution >= 4 is 38.3 Å². The second kappa shape index (κ2) is 7.32. The summed E-state index contributed by atoms with van der Waals surface area (Å²) in [5.74, 6) is 0.00838. The maximum Gasteiger partial charge on any atom is 0.286 e. The van der Waals surface area contributed by atoms with E-state index in [0.717, 1.165) is 18.2 Å². The normalized spacial score (nSPS) is 14.8. The van der Waals surface area contributed by atoms with E-state index in [-0.39, 0.29) is 21.9 Å². The minimum Gasteiger partial charge on any atom is -0.387 e. The number of hydrogen-bond acceptors (Lipinski definition) is 6. The molecule has 4 rings (SSSR count). The molecule has 3 heterocycles. The molecule has 2 aromatic heterocycles. The largest absolute Gasteiger partial charge is 0.387 e. The molecule has 0 spiro atoms. The third-order valence-electron chi connectivity index (χ3n) is 4.87. The van der Waals surface area contributed by atoms with E-state index in [9.17, 15) is 13.2 Å². The van der Waals surface area contributed by atoms with Crippen LogP contribution in [-0.4, -0.2) is 30.9 Å².